The molecule has 0 fully saturated rings. The van der Waals surface area contributed by atoms with Crippen molar-refractivity contribution in [2.24, 2.45) is 0 Å². The molecule has 2 rings (SSSR count). The molecule has 0 aliphatic carbocycles. The van der Waals surface area contributed by atoms with E-state index in [1.807, 2.05) is 24.4 Å². The van der Waals surface area contributed by atoms with Gasteiger partial charge in [-0.3, -0.25) is 9.89 Å². The van der Waals surface area contributed by atoms with Crippen LogP contribution in [-0.4, -0.2) is 33.9 Å². The Bertz CT molecular complexity index is 522. The highest BCUT2D eigenvalue weighted by Crippen LogP contribution is 2.22. The molecule has 1 amide bonds. The minimum Gasteiger partial charge on any atom is -0.393 e. The van der Waals surface area contributed by atoms with Crippen molar-refractivity contribution in [3.05, 3.63) is 29.3 Å². The van der Waals surface area contributed by atoms with Crippen molar-refractivity contribution >= 4 is 17.2 Å². The Morgan fingerprint density at radius 3 is 3.16 bits per heavy atom. The smallest absolute Gasteiger partial charge is 0.271 e. The van der Waals surface area contributed by atoms with Crippen LogP contribution in [-0.2, 0) is 0 Å². The molecule has 5 nitrogen and oxygen atoms in total. The van der Waals surface area contributed by atoms with Crippen LogP contribution < -0.4 is 5.32 Å². The number of nitrogens with zero attached hydrogens (tertiary/aromatic N) is 1. The third-order valence-corrected chi connectivity index (χ3v) is 3.73. The monoisotopic (exact) mass is 279 g/mol. The molecule has 102 valence electrons. The Kier molecular flexibility index (Phi) is 4.70. The van der Waals surface area contributed by atoms with E-state index >= 15 is 0 Å². The summed E-state index contributed by atoms with van der Waals surface area (Å²) < 4.78 is 0. The van der Waals surface area contributed by atoms with Crippen molar-refractivity contribution in [3.63, 3.8) is 0 Å². The summed E-state index contributed by atoms with van der Waals surface area (Å²) in [5.74, 6) is -0.220. The Balaban J connectivity index is 1.90. The second-order valence-corrected chi connectivity index (χ2v) is 5.20. The summed E-state index contributed by atoms with van der Waals surface area (Å²) in [6, 6.07) is 5.65. The number of aromatic nitrogens is 2. The Morgan fingerprint density at radius 2 is 2.47 bits per heavy atom. The molecule has 0 aromatic carbocycles. The van der Waals surface area contributed by atoms with Gasteiger partial charge in [0.25, 0.3) is 5.91 Å². The van der Waals surface area contributed by atoms with Gasteiger partial charge >= 0.3 is 0 Å². The van der Waals surface area contributed by atoms with E-state index in [0.717, 1.165) is 10.6 Å². The van der Waals surface area contributed by atoms with Gasteiger partial charge in [-0.15, -0.1) is 11.3 Å². The Labute approximate surface area is 115 Å². The van der Waals surface area contributed by atoms with E-state index in [0.29, 0.717) is 25.1 Å². The van der Waals surface area contributed by atoms with Crippen molar-refractivity contribution in [1.82, 2.24) is 15.5 Å². The SMILES string of the molecule is CCC(O)CCNC(=O)c1cc(-c2cccs2)[nH]n1. The molecule has 6 heteroatoms. The van der Waals surface area contributed by atoms with Gasteiger partial charge in [0.1, 0.15) is 0 Å². The number of carbonyl (C=O) groups is 1. The summed E-state index contributed by atoms with van der Waals surface area (Å²) in [6.45, 7) is 2.36. The minimum absolute atomic E-state index is 0.220. The second kappa shape index (κ2) is 6.49. The summed E-state index contributed by atoms with van der Waals surface area (Å²) in [4.78, 5) is 12.9. The van der Waals surface area contributed by atoms with Gasteiger partial charge in [0.2, 0.25) is 0 Å². The normalized spacial score (nSPS) is 12.3. The van der Waals surface area contributed by atoms with Crippen LogP contribution in [0.5, 0.6) is 0 Å². The Hall–Kier alpha value is -1.66. The molecule has 0 saturated heterocycles. The molecule has 0 aliphatic heterocycles. The zero-order valence-corrected chi connectivity index (χ0v) is 11.5. The predicted molar refractivity (Wildman–Crippen MR) is 75.1 cm³/mol. The minimum atomic E-state index is -0.360. The van der Waals surface area contributed by atoms with Crippen LogP contribution >= 0.6 is 11.3 Å². The summed E-state index contributed by atoms with van der Waals surface area (Å²) in [5, 5.41) is 21.0. The average Bonchev–Trinajstić information content (AvgIpc) is 3.08. The van der Waals surface area contributed by atoms with Crippen molar-refractivity contribution in [3.8, 4) is 10.6 Å². The number of rotatable bonds is 6. The number of carbonyl (C=O) groups excluding carboxylic acids is 1. The molecule has 0 saturated carbocycles. The first kappa shape index (κ1) is 13.8. The summed E-state index contributed by atoms with van der Waals surface area (Å²) >= 11 is 1.59. The van der Waals surface area contributed by atoms with Crippen LogP contribution in [0.1, 0.15) is 30.3 Å². The molecular weight excluding hydrogens is 262 g/mol. The molecule has 1 atom stereocenters. The number of H-pyrrole nitrogens is 1. The van der Waals surface area contributed by atoms with Gasteiger partial charge in [-0.05, 0) is 30.4 Å². The topological polar surface area (TPSA) is 78.0 Å². The lowest BCUT2D eigenvalue weighted by atomic mass is 10.2. The van der Waals surface area contributed by atoms with Gasteiger partial charge in [0.15, 0.2) is 5.69 Å². The highest BCUT2D eigenvalue weighted by atomic mass is 32.1. The third kappa shape index (κ3) is 3.65. The van der Waals surface area contributed by atoms with Gasteiger partial charge in [0, 0.05) is 6.54 Å². The molecule has 1 unspecified atom stereocenters. The van der Waals surface area contributed by atoms with Crippen LogP contribution in [0.4, 0.5) is 0 Å². The van der Waals surface area contributed by atoms with E-state index in [1.54, 1.807) is 17.4 Å². The fraction of sp³-hybridized carbons (Fsp3) is 0.385. The van der Waals surface area contributed by atoms with Gasteiger partial charge in [-0.2, -0.15) is 5.10 Å². The van der Waals surface area contributed by atoms with E-state index in [4.69, 9.17) is 0 Å². The molecule has 2 aromatic heterocycles. The lowest BCUT2D eigenvalue weighted by Gasteiger charge is -2.07. The summed E-state index contributed by atoms with van der Waals surface area (Å²) in [5.41, 5.74) is 1.21. The van der Waals surface area contributed by atoms with Crippen LogP contribution in [0.25, 0.3) is 10.6 Å². The predicted octanol–water partition coefficient (Wildman–Crippen LogP) is 2.03. The number of nitrogens with one attached hydrogen (secondary N) is 2. The maximum Gasteiger partial charge on any atom is 0.271 e. The summed E-state index contributed by atoms with van der Waals surface area (Å²) in [6.07, 6.45) is 0.895. The lowest BCUT2D eigenvalue weighted by Crippen LogP contribution is -2.27. The average molecular weight is 279 g/mol. The number of hydrogen-bond donors (Lipinski definition) is 3. The molecular formula is C13H17N3O2S. The molecule has 2 heterocycles. The van der Waals surface area contributed by atoms with Crippen LogP contribution in [0.3, 0.4) is 0 Å². The summed E-state index contributed by atoms with van der Waals surface area (Å²) in [7, 11) is 0. The maximum atomic E-state index is 11.8. The van der Waals surface area contributed by atoms with Gasteiger partial charge < -0.3 is 10.4 Å². The van der Waals surface area contributed by atoms with Crippen molar-refractivity contribution in [2.45, 2.75) is 25.9 Å². The number of aliphatic hydroxyl groups is 1. The molecule has 0 spiro atoms. The highest BCUT2D eigenvalue weighted by Gasteiger charge is 2.11. The number of hydrogen-bond acceptors (Lipinski definition) is 4. The number of thiophene rings is 1. The molecule has 0 bridgehead atoms. The molecule has 0 aliphatic rings. The zero-order valence-electron chi connectivity index (χ0n) is 10.7. The van der Waals surface area contributed by atoms with Crippen molar-refractivity contribution < 1.29 is 9.90 Å². The zero-order chi connectivity index (χ0) is 13.7. The standard InChI is InChI=1S/C13H17N3O2S/c1-2-9(17)5-6-14-13(18)11-8-10(15-16-11)12-4-3-7-19-12/h3-4,7-9,17H,2,5-6H2,1H3,(H,14,18)(H,15,16). The first-order chi connectivity index (χ1) is 9.20. The van der Waals surface area contributed by atoms with E-state index in [1.165, 1.54) is 0 Å². The number of aliphatic hydroxyl groups excluding tert-OH is 1. The molecule has 0 radical (unpaired) electrons. The van der Waals surface area contributed by atoms with Crippen molar-refractivity contribution in [1.29, 1.82) is 0 Å². The number of amides is 1. The second-order valence-electron chi connectivity index (χ2n) is 4.25. The van der Waals surface area contributed by atoms with E-state index < -0.39 is 0 Å². The maximum absolute atomic E-state index is 11.8. The largest absolute Gasteiger partial charge is 0.393 e. The van der Waals surface area contributed by atoms with Crippen LogP contribution in [0.2, 0.25) is 0 Å². The van der Waals surface area contributed by atoms with Crippen molar-refractivity contribution in [2.75, 3.05) is 6.54 Å². The first-order valence-electron chi connectivity index (χ1n) is 6.26. The fourth-order valence-corrected chi connectivity index (χ4v) is 2.34. The van der Waals surface area contributed by atoms with Crippen LogP contribution in [0.15, 0.2) is 23.6 Å². The lowest BCUT2D eigenvalue weighted by molar-refractivity contribution is 0.0937. The number of aromatic amines is 1. The first-order valence-corrected chi connectivity index (χ1v) is 7.14. The molecule has 3 N–H and O–H groups in total. The highest BCUT2D eigenvalue weighted by molar-refractivity contribution is 7.13. The fourth-order valence-electron chi connectivity index (χ4n) is 1.64. The van der Waals surface area contributed by atoms with E-state index in [2.05, 4.69) is 15.5 Å². The Morgan fingerprint density at radius 1 is 1.63 bits per heavy atom. The van der Waals surface area contributed by atoms with E-state index in [9.17, 15) is 9.90 Å². The van der Waals surface area contributed by atoms with Gasteiger partial charge in [0.05, 0.1) is 16.7 Å². The van der Waals surface area contributed by atoms with Gasteiger partial charge in [-0.1, -0.05) is 13.0 Å². The quantitative estimate of drug-likeness (QED) is 0.757. The van der Waals surface area contributed by atoms with Gasteiger partial charge in [-0.25, -0.2) is 0 Å². The van der Waals surface area contributed by atoms with Crippen LogP contribution in [0, 0.1) is 0 Å². The van der Waals surface area contributed by atoms with E-state index in [-0.39, 0.29) is 12.0 Å². The molecule has 2 aromatic rings. The third-order valence-electron chi connectivity index (χ3n) is 2.83. The molecule has 19 heavy (non-hydrogen) atoms.